The number of esters is 1. The number of fused-ring (bicyclic) bond motifs is 1. The van der Waals surface area contributed by atoms with Gasteiger partial charge in [-0.25, -0.2) is 9.79 Å². The number of aromatic nitrogens is 1. The van der Waals surface area contributed by atoms with Crippen LogP contribution >= 0.6 is 11.3 Å². The van der Waals surface area contributed by atoms with E-state index in [0.717, 1.165) is 28.9 Å². The average Bonchev–Trinajstić information content (AvgIpc) is 3.30. The number of ether oxygens (including phenoxy) is 3. The molecule has 0 unspecified atom stereocenters. The van der Waals surface area contributed by atoms with Gasteiger partial charge in [0, 0.05) is 5.56 Å². The SMILES string of the molecule is CCCOc1ccc(/C=c2\sc3n(c2=O)[C@H](c2ccc(OC)cc2)C(C(=O)OCC)=C(c2ccccc2)N=3)cc1. The van der Waals surface area contributed by atoms with Crippen LogP contribution in [0, 0.1) is 0 Å². The van der Waals surface area contributed by atoms with Gasteiger partial charge in [0.1, 0.15) is 11.5 Å². The summed E-state index contributed by atoms with van der Waals surface area (Å²) >= 11 is 1.29. The van der Waals surface area contributed by atoms with Gasteiger partial charge in [0.25, 0.3) is 5.56 Å². The molecule has 5 rings (SSSR count). The van der Waals surface area contributed by atoms with Gasteiger partial charge in [0.2, 0.25) is 0 Å². The molecular weight excluding hydrogens is 524 g/mol. The number of thiazole rings is 1. The summed E-state index contributed by atoms with van der Waals surface area (Å²) in [6.07, 6.45) is 2.77. The Kier molecular flexibility index (Phi) is 8.26. The van der Waals surface area contributed by atoms with Gasteiger partial charge in [-0.1, -0.05) is 72.9 Å². The number of nitrogens with zero attached hydrogens (tertiary/aromatic N) is 2. The lowest BCUT2D eigenvalue weighted by molar-refractivity contribution is -0.138. The lowest BCUT2D eigenvalue weighted by atomic mass is 9.93. The zero-order chi connectivity index (χ0) is 28.1. The first-order valence-corrected chi connectivity index (χ1v) is 14.0. The molecule has 0 saturated carbocycles. The second-order valence-corrected chi connectivity index (χ2v) is 10.1. The molecule has 1 atom stereocenters. The highest BCUT2D eigenvalue weighted by Gasteiger charge is 2.35. The maximum absolute atomic E-state index is 14.0. The average molecular weight is 555 g/mol. The molecule has 2 heterocycles. The predicted molar refractivity (Wildman–Crippen MR) is 156 cm³/mol. The van der Waals surface area contributed by atoms with Crippen LogP contribution in [-0.4, -0.2) is 30.9 Å². The fraction of sp³-hybridized carbons (Fsp3) is 0.219. The maximum Gasteiger partial charge on any atom is 0.338 e. The summed E-state index contributed by atoms with van der Waals surface area (Å²) in [5, 5.41) is 0. The zero-order valence-electron chi connectivity index (χ0n) is 22.6. The highest BCUT2D eigenvalue weighted by molar-refractivity contribution is 7.07. The predicted octanol–water partition coefficient (Wildman–Crippen LogP) is 4.73. The monoisotopic (exact) mass is 554 g/mol. The molecule has 0 aliphatic carbocycles. The molecule has 0 fully saturated rings. The van der Waals surface area contributed by atoms with E-state index in [1.54, 1.807) is 18.6 Å². The smallest absolute Gasteiger partial charge is 0.338 e. The van der Waals surface area contributed by atoms with Crippen LogP contribution in [0.5, 0.6) is 11.5 Å². The second-order valence-electron chi connectivity index (χ2n) is 9.12. The van der Waals surface area contributed by atoms with Crippen molar-refractivity contribution in [1.29, 1.82) is 0 Å². The summed E-state index contributed by atoms with van der Waals surface area (Å²) < 4.78 is 18.7. The molecule has 3 aromatic carbocycles. The third kappa shape index (κ3) is 5.49. The van der Waals surface area contributed by atoms with Crippen LogP contribution in [-0.2, 0) is 9.53 Å². The Balaban J connectivity index is 1.72. The standard InChI is InChI=1S/C32H30N2O5S/c1-4-19-39-25-15-11-21(12-16-25)20-26-30(35)34-29(23-13-17-24(37-3)18-14-23)27(31(36)38-5-2)28(33-32(34)40-26)22-9-7-6-8-10-22/h6-18,20,29H,4-5,19H2,1-3H3/b26-20-/t29-/m1/s1. The molecule has 8 heteroatoms. The molecule has 4 aromatic rings. The first-order chi connectivity index (χ1) is 19.5. The Morgan fingerprint density at radius 1 is 0.975 bits per heavy atom. The lowest BCUT2D eigenvalue weighted by Gasteiger charge is -2.26. The Labute approximate surface area is 236 Å². The molecule has 0 N–H and O–H groups in total. The van der Waals surface area contributed by atoms with Crippen LogP contribution in [0.25, 0.3) is 11.8 Å². The van der Waals surface area contributed by atoms with Crippen molar-refractivity contribution in [3.8, 4) is 11.5 Å². The third-order valence-corrected chi connectivity index (χ3v) is 7.44. The van der Waals surface area contributed by atoms with Gasteiger partial charge in [-0.15, -0.1) is 0 Å². The van der Waals surface area contributed by atoms with E-state index < -0.39 is 12.0 Å². The van der Waals surface area contributed by atoms with Crippen molar-refractivity contribution in [2.75, 3.05) is 20.3 Å². The number of hydrogen-bond acceptors (Lipinski definition) is 7. The first-order valence-electron chi connectivity index (χ1n) is 13.2. The van der Waals surface area contributed by atoms with Gasteiger partial charge in [-0.2, -0.15) is 0 Å². The van der Waals surface area contributed by atoms with E-state index in [1.165, 1.54) is 11.3 Å². The second kappa shape index (κ2) is 12.2. The molecule has 1 aliphatic rings. The molecule has 0 radical (unpaired) electrons. The molecule has 0 spiro atoms. The fourth-order valence-electron chi connectivity index (χ4n) is 4.57. The first kappa shape index (κ1) is 27.1. The third-order valence-electron chi connectivity index (χ3n) is 6.46. The molecule has 204 valence electrons. The van der Waals surface area contributed by atoms with Crippen LogP contribution in [0.1, 0.15) is 43.0 Å². The Morgan fingerprint density at radius 3 is 2.33 bits per heavy atom. The maximum atomic E-state index is 14.0. The van der Waals surface area contributed by atoms with Gasteiger partial charge in [-0.05, 0) is 54.8 Å². The molecule has 0 amide bonds. The van der Waals surface area contributed by atoms with Gasteiger partial charge < -0.3 is 14.2 Å². The van der Waals surface area contributed by atoms with Gasteiger partial charge >= 0.3 is 5.97 Å². The molecule has 40 heavy (non-hydrogen) atoms. The lowest BCUT2D eigenvalue weighted by Crippen LogP contribution is -2.40. The summed E-state index contributed by atoms with van der Waals surface area (Å²) in [6, 6.07) is 23.8. The minimum Gasteiger partial charge on any atom is -0.497 e. The van der Waals surface area contributed by atoms with Crippen molar-refractivity contribution in [2.24, 2.45) is 4.99 Å². The van der Waals surface area contributed by atoms with Crippen molar-refractivity contribution in [1.82, 2.24) is 4.57 Å². The summed E-state index contributed by atoms with van der Waals surface area (Å²) in [6.45, 7) is 4.67. The van der Waals surface area contributed by atoms with Crippen molar-refractivity contribution in [3.05, 3.63) is 121 Å². The van der Waals surface area contributed by atoms with E-state index >= 15 is 0 Å². The van der Waals surface area contributed by atoms with Gasteiger partial charge in [-0.3, -0.25) is 9.36 Å². The van der Waals surface area contributed by atoms with Crippen LogP contribution in [0.3, 0.4) is 0 Å². The van der Waals surface area contributed by atoms with Crippen LogP contribution in [0.15, 0.2) is 94.2 Å². The molecule has 1 aliphatic heterocycles. The summed E-state index contributed by atoms with van der Waals surface area (Å²) in [4.78, 5) is 32.9. The van der Waals surface area contributed by atoms with Crippen LogP contribution in [0.2, 0.25) is 0 Å². The molecular formula is C32H30N2O5S. The summed E-state index contributed by atoms with van der Waals surface area (Å²) in [5.41, 5.74) is 2.95. The van der Waals surface area contributed by atoms with E-state index in [0.29, 0.717) is 33.0 Å². The molecule has 0 saturated heterocycles. The van der Waals surface area contributed by atoms with E-state index in [2.05, 4.69) is 6.92 Å². The van der Waals surface area contributed by atoms with E-state index in [-0.39, 0.29) is 12.2 Å². The number of carbonyl (C=O) groups excluding carboxylic acids is 1. The van der Waals surface area contributed by atoms with E-state index in [9.17, 15) is 9.59 Å². The molecule has 0 bridgehead atoms. The highest BCUT2D eigenvalue weighted by Crippen LogP contribution is 2.35. The van der Waals surface area contributed by atoms with Gasteiger partial charge in [0.05, 0.1) is 42.2 Å². The number of methoxy groups -OCH3 is 1. The fourth-order valence-corrected chi connectivity index (χ4v) is 5.57. The van der Waals surface area contributed by atoms with Crippen molar-refractivity contribution < 1.29 is 19.0 Å². The van der Waals surface area contributed by atoms with Crippen molar-refractivity contribution in [3.63, 3.8) is 0 Å². The Morgan fingerprint density at radius 2 is 1.68 bits per heavy atom. The number of benzene rings is 3. The van der Waals surface area contributed by atoms with E-state index in [1.807, 2.05) is 84.9 Å². The minimum atomic E-state index is -0.733. The molecule has 1 aromatic heterocycles. The largest absolute Gasteiger partial charge is 0.497 e. The van der Waals surface area contributed by atoms with Crippen molar-refractivity contribution >= 4 is 29.1 Å². The van der Waals surface area contributed by atoms with Crippen LogP contribution < -0.4 is 24.4 Å². The Bertz CT molecular complexity index is 1700. The summed E-state index contributed by atoms with van der Waals surface area (Å²) in [7, 11) is 1.60. The van der Waals surface area contributed by atoms with Gasteiger partial charge in [0.15, 0.2) is 4.80 Å². The highest BCUT2D eigenvalue weighted by atomic mass is 32.1. The summed E-state index contributed by atoms with van der Waals surface area (Å²) in [5.74, 6) is 0.946. The van der Waals surface area contributed by atoms with Crippen LogP contribution in [0.4, 0.5) is 0 Å². The molecule has 7 nitrogen and oxygen atoms in total. The number of carbonyl (C=O) groups is 1. The Hall–Kier alpha value is -4.43. The normalized spacial score (nSPS) is 14.9. The minimum absolute atomic E-state index is 0.197. The topological polar surface area (TPSA) is 79.1 Å². The van der Waals surface area contributed by atoms with Crippen molar-refractivity contribution in [2.45, 2.75) is 26.3 Å². The zero-order valence-corrected chi connectivity index (χ0v) is 23.4. The number of hydrogen-bond donors (Lipinski definition) is 0. The van der Waals surface area contributed by atoms with E-state index in [4.69, 9.17) is 19.2 Å². The quantitative estimate of drug-likeness (QED) is 0.280. The number of rotatable bonds is 9.